The standard InChI is InChI=1S/C19H24BrN3O3/c1-5-23-17(10-15(22-23)12(2)3)19(25)21-16(11-18(24)26-4)13-6-8-14(20)9-7-13/h6-10,12,16H,5,11H2,1-4H3,(H,21,25). The van der Waals surface area contributed by atoms with E-state index in [1.807, 2.05) is 45.0 Å². The third-order valence-electron chi connectivity index (χ3n) is 4.10. The smallest absolute Gasteiger partial charge is 0.307 e. The van der Waals surface area contributed by atoms with Gasteiger partial charge in [0.15, 0.2) is 0 Å². The first kappa shape index (κ1) is 20.2. The zero-order valence-electron chi connectivity index (χ0n) is 15.5. The van der Waals surface area contributed by atoms with Crippen molar-refractivity contribution >= 4 is 27.8 Å². The van der Waals surface area contributed by atoms with Crippen LogP contribution in [0.5, 0.6) is 0 Å². The predicted molar refractivity (Wildman–Crippen MR) is 103 cm³/mol. The molecule has 0 saturated carbocycles. The van der Waals surface area contributed by atoms with Crippen molar-refractivity contribution in [2.24, 2.45) is 0 Å². The number of hydrogen-bond donors (Lipinski definition) is 1. The van der Waals surface area contributed by atoms with E-state index in [0.29, 0.717) is 12.2 Å². The number of methoxy groups -OCH3 is 1. The number of hydrogen-bond acceptors (Lipinski definition) is 4. The maximum absolute atomic E-state index is 12.8. The molecule has 1 aromatic carbocycles. The van der Waals surface area contributed by atoms with Crippen molar-refractivity contribution in [3.05, 3.63) is 51.8 Å². The molecule has 7 heteroatoms. The number of esters is 1. The van der Waals surface area contributed by atoms with Crippen molar-refractivity contribution < 1.29 is 14.3 Å². The Labute approximate surface area is 162 Å². The molecule has 0 radical (unpaired) electrons. The summed E-state index contributed by atoms with van der Waals surface area (Å²) in [4.78, 5) is 24.6. The van der Waals surface area contributed by atoms with Crippen LogP contribution in [0.4, 0.5) is 0 Å². The molecule has 1 amide bonds. The molecule has 1 N–H and O–H groups in total. The number of carbonyl (C=O) groups is 2. The third-order valence-corrected chi connectivity index (χ3v) is 4.63. The molecule has 2 aromatic rings. The summed E-state index contributed by atoms with van der Waals surface area (Å²) in [5.74, 6) is -0.417. The Morgan fingerprint density at radius 1 is 1.27 bits per heavy atom. The van der Waals surface area contributed by atoms with Gasteiger partial charge in [-0.3, -0.25) is 14.3 Å². The van der Waals surface area contributed by atoms with E-state index in [0.717, 1.165) is 15.7 Å². The lowest BCUT2D eigenvalue weighted by Crippen LogP contribution is -2.32. The molecule has 26 heavy (non-hydrogen) atoms. The quantitative estimate of drug-likeness (QED) is 0.689. The van der Waals surface area contributed by atoms with Crippen LogP contribution >= 0.6 is 15.9 Å². The molecule has 0 saturated heterocycles. The molecule has 0 spiro atoms. The second-order valence-electron chi connectivity index (χ2n) is 6.28. The van der Waals surface area contributed by atoms with E-state index in [-0.39, 0.29) is 24.2 Å². The lowest BCUT2D eigenvalue weighted by atomic mass is 10.0. The van der Waals surface area contributed by atoms with Crippen LogP contribution < -0.4 is 5.32 Å². The van der Waals surface area contributed by atoms with E-state index in [1.165, 1.54) is 7.11 Å². The maximum atomic E-state index is 12.8. The van der Waals surface area contributed by atoms with E-state index in [1.54, 1.807) is 10.7 Å². The zero-order chi connectivity index (χ0) is 19.3. The number of rotatable bonds is 7. The van der Waals surface area contributed by atoms with E-state index in [4.69, 9.17) is 4.74 Å². The van der Waals surface area contributed by atoms with Gasteiger partial charge in [0.1, 0.15) is 5.69 Å². The van der Waals surface area contributed by atoms with Gasteiger partial charge in [0, 0.05) is 11.0 Å². The molecule has 2 rings (SSSR count). The van der Waals surface area contributed by atoms with Gasteiger partial charge in [-0.15, -0.1) is 0 Å². The highest BCUT2D eigenvalue weighted by Gasteiger charge is 2.22. The molecule has 0 aliphatic carbocycles. The van der Waals surface area contributed by atoms with Crippen LogP contribution in [0.15, 0.2) is 34.8 Å². The Bertz CT molecular complexity index is 769. The van der Waals surface area contributed by atoms with Crippen LogP contribution in [0.3, 0.4) is 0 Å². The van der Waals surface area contributed by atoms with Crippen molar-refractivity contribution in [1.29, 1.82) is 0 Å². The zero-order valence-corrected chi connectivity index (χ0v) is 17.0. The van der Waals surface area contributed by atoms with Crippen LogP contribution in [0, 0.1) is 0 Å². The van der Waals surface area contributed by atoms with E-state index in [2.05, 4.69) is 26.3 Å². The Morgan fingerprint density at radius 3 is 2.46 bits per heavy atom. The molecular weight excluding hydrogens is 398 g/mol. The first-order valence-electron chi connectivity index (χ1n) is 8.56. The first-order valence-corrected chi connectivity index (χ1v) is 9.35. The van der Waals surface area contributed by atoms with Crippen molar-refractivity contribution in [2.45, 2.75) is 45.7 Å². The summed E-state index contributed by atoms with van der Waals surface area (Å²) >= 11 is 3.39. The summed E-state index contributed by atoms with van der Waals surface area (Å²) in [6.07, 6.45) is 0.0567. The monoisotopic (exact) mass is 421 g/mol. The van der Waals surface area contributed by atoms with Gasteiger partial charge in [-0.25, -0.2) is 0 Å². The molecule has 6 nitrogen and oxygen atoms in total. The van der Waals surface area contributed by atoms with Gasteiger partial charge < -0.3 is 10.1 Å². The minimum atomic E-state index is -0.481. The van der Waals surface area contributed by atoms with Crippen molar-refractivity contribution in [3.8, 4) is 0 Å². The Kier molecular flexibility index (Phi) is 6.97. The summed E-state index contributed by atoms with van der Waals surface area (Å²) < 4.78 is 7.38. The Hall–Kier alpha value is -2.15. The molecule has 0 aliphatic heterocycles. The highest BCUT2D eigenvalue weighted by Crippen LogP contribution is 2.22. The van der Waals surface area contributed by atoms with Crippen LogP contribution in [-0.2, 0) is 16.1 Å². The molecule has 0 fully saturated rings. The van der Waals surface area contributed by atoms with E-state index >= 15 is 0 Å². The van der Waals surface area contributed by atoms with Crippen LogP contribution in [0.25, 0.3) is 0 Å². The van der Waals surface area contributed by atoms with Crippen LogP contribution in [0.2, 0.25) is 0 Å². The summed E-state index contributed by atoms with van der Waals surface area (Å²) in [6, 6.07) is 8.81. The van der Waals surface area contributed by atoms with Gasteiger partial charge in [0.25, 0.3) is 5.91 Å². The fourth-order valence-corrected chi connectivity index (χ4v) is 2.84. The lowest BCUT2D eigenvalue weighted by Gasteiger charge is -2.18. The number of nitrogens with zero attached hydrogens (tertiary/aromatic N) is 2. The Balaban J connectivity index is 2.28. The predicted octanol–water partition coefficient (Wildman–Crippen LogP) is 3.82. The van der Waals surface area contributed by atoms with E-state index < -0.39 is 6.04 Å². The van der Waals surface area contributed by atoms with E-state index in [9.17, 15) is 9.59 Å². The summed E-state index contributed by atoms with van der Waals surface area (Å²) in [5.41, 5.74) is 2.19. The topological polar surface area (TPSA) is 73.2 Å². The highest BCUT2D eigenvalue weighted by molar-refractivity contribution is 9.10. The van der Waals surface area contributed by atoms with Crippen LogP contribution in [0.1, 0.15) is 60.9 Å². The molecule has 140 valence electrons. The number of aromatic nitrogens is 2. The largest absolute Gasteiger partial charge is 0.469 e. The second kappa shape index (κ2) is 8.98. The van der Waals surface area contributed by atoms with Crippen LogP contribution in [-0.4, -0.2) is 28.8 Å². The molecular formula is C19H24BrN3O3. The van der Waals surface area contributed by atoms with Gasteiger partial charge in [-0.05, 0) is 36.6 Å². The van der Waals surface area contributed by atoms with Crippen molar-refractivity contribution in [3.63, 3.8) is 0 Å². The number of nitrogens with one attached hydrogen (secondary N) is 1. The summed E-state index contributed by atoms with van der Waals surface area (Å²) in [6.45, 7) is 6.60. The van der Waals surface area contributed by atoms with Crippen molar-refractivity contribution in [1.82, 2.24) is 15.1 Å². The normalized spacial score (nSPS) is 12.1. The minimum absolute atomic E-state index is 0.0567. The maximum Gasteiger partial charge on any atom is 0.307 e. The lowest BCUT2D eigenvalue weighted by molar-refractivity contribution is -0.141. The molecule has 0 bridgehead atoms. The number of benzene rings is 1. The minimum Gasteiger partial charge on any atom is -0.469 e. The SMILES string of the molecule is CCn1nc(C(C)C)cc1C(=O)NC(CC(=O)OC)c1ccc(Br)cc1. The van der Waals surface area contributed by atoms with Gasteiger partial charge in [0.05, 0.1) is 25.3 Å². The molecule has 0 aliphatic rings. The number of ether oxygens (including phenoxy) is 1. The van der Waals surface area contributed by atoms with Gasteiger partial charge >= 0.3 is 5.97 Å². The van der Waals surface area contributed by atoms with Crippen molar-refractivity contribution in [2.75, 3.05) is 7.11 Å². The second-order valence-corrected chi connectivity index (χ2v) is 7.20. The molecule has 1 heterocycles. The average Bonchev–Trinajstić information content (AvgIpc) is 3.06. The average molecular weight is 422 g/mol. The fourth-order valence-electron chi connectivity index (χ4n) is 2.57. The third kappa shape index (κ3) is 4.94. The summed E-state index contributed by atoms with van der Waals surface area (Å²) in [7, 11) is 1.34. The van der Waals surface area contributed by atoms with Gasteiger partial charge in [-0.2, -0.15) is 5.10 Å². The Morgan fingerprint density at radius 2 is 1.92 bits per heavy atom. The number of carbonyl (C=O) groups excluding carboxylic acids is 2. The highest BCUT2D eigenvalue weighted by atomic mass is 79.9. The van der Waals surface area contributed by atoms with Gasteiger partial charge in [0.2, 0.25) is 0 Å². The molecule has 1 unspecified atom stereocenters. The number of amides is 1. The molecule has 1 atom stereocenters. The summed E-state index contributed by atoms with van der Waals surface area (Å²) in [5, 5.41) is 7.42. The number of halogens is 1. The fraction of sp³-hybridized carbons (Fsp3) is 0.421. The molecule has 1 aromatic heterocycles. The number of aryl methyl sites for hydroxylation is 1. The first-order chi connectivity index (χ1) is 12.3. The van der Waals surface area contributed by atoms with Gasteiger partial charge in [-0.1, -0.05) is 41.9 Å².